The second-order valence-electron chi connectivity index (χ2n) is 5.04. The number of guanidine groups is 1. The van der Waals surface area contributed by atoms with E-state index >= 15 is 0 Å². The van der Waals surface area contributed by atoms with Crippen molar-refractivity contribution in [3.63, 3.8) is 0 Å². The first kappa shape index (κ1) is 23.8. The summed E-state index contributed by atoms with van der Waals surface area (Å²) >= 11 is 0. The molecule has 0 spiro atoms. The van der Waals surface area contributed by atoms with E-state index in [0.717, 1.165) is 11.3 Å². The minimum Gasteiger partial charge on any atom is -0.497 e. The Morgan fingerprint density at radius 1 is 1.16 bits per heavy atom. The predicted octanol–water partition coefficient (Wildman–Crippen LogP) is 1.81. The summed E-state index contributed by atoms with van der Waals surface area (Å²) in [6.45, 7) is 5.01. The van der Waals surface area contributed by atoms with Gasteiger partial charge in [0.25, 0.3) is 0 Å². The van der Waals surface area contributed by atoms with Gasteiger partial charge in [-0.15, -0.1) is 24.0 Å². The van der Waals surface area contributed by atoms with Crippen molar-refractivity contribution in [3.05, 3.63) is 23.8 Å². The van der Waals surface area contributed by atoms with Crippen LogP contribution >= 0.6 is 24.0 Å². The second-order valence-corrected chi connectivity index (χ2v) is 7.51. The van der Waals surface area contributed by atoms with Crippen molar-refractivity contribution in [2.75, 3.05) is 38.8 Å². The molecule has 0 aromatic heterocycles. The Morgan fingerprint density at radius 3 is 2.44 bits per heavy atom. The van der Waals surface area contributed by atoms with Crippen molar-refractivity contribution in [2.24, 2.45) is 4.99 Å². The Bertz CT molecular complexity index is 651. The van der Waals surface area contributed by atoms with E-state index < -0.39 is 9.84 Å². The molecular formula is C16H28IN3O4S. The number of halogens is 1. The summed E-state index contributed by atoms with van der Waals surface area (Å²) in [7, 11) is 0.205. The molecule has 0 aliphatic heterocycles. The Morgan fingerprint density at radius 2 is 1.88 bits per heavy atom. The number of ether oxygens (including phenoxy) is 2. The van der Waals surface area contributed by atoms with Crippen LogP contribution in [0.1, 0.15) is 19.4 Å². The van der Waals surface area contributed by atoms with Crippen molar-refractivity contribution >= 4 is 39.8 Å². The molecule has 1 rings (SSSR count). The molecule has 0 aliphatic rings. The van der Waals surface area contributed by atoms with Crippen molar-refractivity contribution in [2.45, 2.75) is 20.4 Å². The molecule has 0 amide bonds. The number of sulfone groups is 1. The first-order valence-electron chi connectivity index (χ1n) is 7.89. The highest BCUT2D eigenvalue weighted by Gasteiger charge is 2.08. The topological polar surface area (TPSA) is 89.0 Å². The normalized spacial score (nSPS) is 11.4. The van der Waals surface area contributed by atoms with Crippen LogP contribution in [0, 0.1) is 0 Å². The molecule has 0 bridgehead atoms. The zero-order valence-corrected chi connectivity index (χ0v) is 18.3. The molecule has 2 N–H and O–H groups in total. The minimum absolute atomic E-state index is 0. The number of rotatable bonds is 9. The number of hydrogen-bond acceptors (Lipinski definition) is 5. The molecule has 7 nitrogen and oxygen atoms in total. The van der Waals surface area contributed by atoms with E-state index in [1.807, 2.05) is 19.1 Å². The van der Waals surface area contributed by atoms with Crippen LogP contribution in [0.3, 0.4) is 0 Å². The van der Waals surface area contributed by atoms with E-state index in [9.17, 15) is 8.42 Å². The third kappa shape index (κ3) is 8.61. The summed E-state index contributed by atoms with van der Waals surface area (Å²) < 4.78 is 33.6. The van der Waals surface area contributed by atoms with E-state index in [0.29, 0.717) is 31.3 Å². The van der Waals surface area contributed by atoms with Gasteiger partial charge < -0.3 is 20.1 Å². The van der Waals surface area contributed by atoms with Crippen LogP contribution in [0.25, 0.3) is 0 Å². The van der Waals surface area contributed by atoms with Gasteiger partial charge >= 0.3 is 0 Å². The first-order chi connectivity index (χ1) is 11.5. The summed E-state index contributed by atoms with van der Waals surface area (Å²) in [6, 6.07) is 5.55. The maximum atomic E-state index is 11.5. The van der Waals surface area contributed by atoms with E-state index in [4.69, 9.17) is 9.47 Å². The van der Waals surface area contributed by atoms with Crippen LogP contribution in [0.4, 0.5) is 0 Å². The average molecular weight is 485 g/mol. The fourth-order valence-corrected chi connectivity index (χ4v) is 2.66. The van der Waals surface area contributed by atoms with Crippen LogP contribution in [0.2, 0.25) is 0 Å². The lowest BCUT2D eigenvalue weighted by atomic mass is 10.2. The number of methoxy groups -OCH3 is 2. The highest BCUT2D eigenvalue weighted by Crippen LogP contribution is 2.25. The zero-order chi connectivity index (χ0) is 18.0. The van der Waals surface area contributed by atoms with Gasteiger partial charge in [0.15, 0.2) is 15.8 Å². The van der Waals surface area contributed by atoms with Gasteiger partial charge in [-0.2, -0.15) is 0 Å². The van der Waals surface area contributed by atoms with E-state index in [-0.39, 0.29) is 35.5 Å². The number of benzene rings is 1. The van der Waals surface area contributed by atoms with Gasteiger partial charge in [0.05, 0.1) is 26.5 Å². The molecule has 0 saturated carbocycles. The van der Waals surface area contributed by atoms with Crippen LogP contribution in [0.15, 0.2) is 23.2 Å². The number of nitrogens with one attached hydrogen (secondary N) is 2. The Hall–Kier alpha value is -1.23. The quantitative estimate of drug-likeness (QED) is 0.315. The molecule has 0 saturated heterocycles. The molecule has 0 aliphatic carbocycles. The first-order valence-corrected chi connectivity index (χ1v) is 9.71. The largest absolute Gasteiger partial charge is 0.497 e. The van der Waals surface area contributed by atoms with Gasteiger partial charge in [-0.3, -0.25) is 0 Å². The average Bonchev–Trinajstić information content (AvgIpc) is 2.59. The van der Waals surface area contributed by atoms with Crippen LogP contribution in [-0.2, 0) is 16.4 Å². The van der Waals surface area contributed by atoms with Gasteiger partial charge in [-0.05, 0) is 19.1 Å². The summed E-state index contributed by atoms with van der Waals surface area (Å²) in [5.74, 6) is 2.21. The Balaban J connectivity index is 0.00000576. The van der Waals surface area contributed by atoms with E-state index in [1.165, 1.54) is 0 Å². The molecule has 1 aromatic rings. The SMILES string of the molecule is CCNC(=NCc1ccc(OC)cc1OC)NCCS(=O)(=O)CC.I. The molecule has 1 aromatic carbocycles. The molecule has 9 heteroatoms. The summed E-state index contributed by atoms with van der Waals surface area (Å²) in [5, 5.41) is 6.13. The lowest BCUT2D eigenvalue weighted by Crippen LogP contribution is -2.39. The van der Waals surface area contributed by atoms with Gasteiger partial charge in [-0.1, -0.05) is 6.92 Å². The lowest BCUT2D eigenvalue weighted by molar-refractivity contribution is 0.391. The van der Waals surface area contributed by atoms with Crippen LogP contribution in [0.5, 0.6) is 11.5 Å². The third-order valence-electron chi connectivity index (χ3n) is 3.39. The molecule has 0 radical (unpaired) electrons. The van der Waals surface area contributed by atoms with Crippen LogP contribution in [-0.4, -0.2) is 53.2 Å². The molecule has 144 valence electrons. The standard InChI is InChI=1S/C16H27N3O4S.HI/c1-5-17-16(18-9-10-24(20,21)6-2)19-12-13-7-8-14(22-3)11-15(13)23-4;/h7-8,11H,5-6,9-10,12H2,1-4H3,(H2,17,18,19);1H. The number of aliphatic imine (C=N–C) groups is 1. The molecule has 0 heterocycles. The van der Waals surface area contributed by atoms with Gasteiger partial charge in [0.2, 0.25) is 0 Å². The highest BCUT2D eigenvalue weighted by molar-refractivity contribution is 14.0. The molecular weight excluding hydrogens is 457 g/mol. The Kier molecular flexibility index (Phi) is 11.6. The predicted molar refractivity (Wildman–Crippen MR) is 112 cm³/mol. The zero-order valence-electron chi connectivity index (χ0n) is 15.2. The minimum atomic E-state index is -2.99. The lowest BCUT2D eigenvalue weighted by Gasteiger charge is -2.12. The second kappa shape index (κ2) is 12.2. The third-order valence-corrected chi connectivity index (χ3v) is 5.10. The van der Waals surface area contributed by atoms with Gasteiger partial charge in [0, 0.05) is 30.5 Å². The maximum Gasteiger partial charge on any atom is 0.191 e. The van der Waals surface area contributed by atoms with Crippen molar-refractivity contribution < 1.29 is 17.9 Å². The maximum absolute atomic E-state index is 11.5. The molecule has 0 unspecified atom stereocenters. The fourth-order valence-electron chi connectivity index (χ4n) is 1.96. The van der Waals surface area contributed by atoms with E-state index in [2.05, 4.69) is 15.6 Å². The highest BCUT2D eigenvalue weighted by atomic mass is 127. The summed E-state index contributed by atoms with van der Waals surface area (Å²) in [6.07, 6.45) is 0. The summed E-state index contributed by atoms with van der Waals surface area (Å²) in [4.78, 5) is 4.47. The van der Waals surface area contributed by atoms with Crippen molar-refractivity contribution in [1.82, 2.24) is 10.6 Å². The van der Waals surface area contributed by atoms with Crippen LogP contribution < -0.4 is 20.1 Å². The molecule has 0 atom stereocenters. The monoisotopic (exact) mass is 485 g/mol. The Labute approximate surface area is 167 Å². The fraction of sp³-hybridized carbons (Fsp3) is 0.562. The van der Waals surface area contributed by atoms with Crippen molar-refractivity contribution in [1.29, 1.82) is 0 Å². The van der Waals surface area contributed by atoms with Gasteiger partial charge in [-0.25, -0.2) is 13.4 Å². The molecule has 25 heavy (non-hydrogen) atoms. The van der Waals surface area contributed by atoms with E-state index in [1.54, 1.807) is 27.2 Å². The molecule has 0 fully saturated rings. The van der Waals surface area contributed by atoms with Crippen molar-refractivity contribution in [3.8, 4) is 11.5 Å². The number of hydrogen-bond donors (Lipinski definition) is 2. The smallest absolute Gasteiger partial charge is 0.191 e. The summed E-state index contributed by atoms with van der Waals surface area (Å²) in [5.41, 5.74) is 0.914. The number of nitrogens with zero attached hydrogens (tertiary/aromatic N) is 1. The van der Waals surface area contributed by atoms with Gasteiger partial charge in [0.1, 0.15) is 11.5 Å².